The number of alkyl halides is 3. The largest absolute Gasteiger partial charge is 0.573 e. The number of piperidine rings is 1. The highest BCUT2D eigenvalue weighted by Gasteiger charge is 2.55. The summed E-state index contributed by atoms with van der Waals surface area (Å²) in [5.74, 6) is 1.62. The Labute approximate surface area is 185 Å². The molecule has 1 saturated heterocycles. The van der Waals surface area contributed by atoms with Gasteiger partial charge in [0, 0.05) is 38.7 Å². The third-order valence-corrected chi connectivity index (χ3v) is 6.39. The van der Waals surface area contributed by atoms with E-state index in [9.17, 15) is 18.0 Å². The van der Waals surface area contributed by atoms with Crippen LogP contribution in [0.4, 0.5) is 13.2 Å². The van der Waals surface area contributed by atoms with Crippen molar-refractivity contribution in [3.8, 4) is 5.75 Å². The first kappa shape index (κ1) is 22.6. The van der Waals surface area contributed by atoms with Crippen LogP contribution in [0.5, 0.6) is 5.75 Å². The Kier molecular flexibility index (Phi) is 6.46. The van der Waals surface area contributed by atoms with Crippen LogP contribution >= 0.6 is 0 Å². The van der Waals surface area contributed by atoms with Gasteiger partial charge >= 0.3 is 6.36 Å². The van der Waals surface area contributed by atoms with Gasteiger partial charge in [0.25, 0.3) is 5.91 Å². The quantitative estimate of drug-likeness (QED) is 0.567. The molecule has 0 bridgehead atoms. The number of hydrogen-bond donors (Lipinski definition) is 0. The van der Waals surface area contributed by atoms with Gasteiger partial charge in [-0.2, -0.15) is 0 Å². The summed E-state index contributed by atoms with van der Waals surface area (Å²) < 4.78 is 47.2. The van der Waals surface area contributed by atoms with Gasteiger partial charge in [0.2, 0.25) is 0 Å². The van der Waals surface area contributed by atoms with Crippen LogP contribution in [0.3, 0.4) is 0 Å². The Morgan fingerprint density at radius 2 is 2.00 bits per heavy atom. The van der Waals surface area contributed by atoms with Gasteiger partial charge in [0.15, 0.2) is 5.69 Å². The van der Waals surface area contributed by atoms with Crippen LogP contribution in [0.2, 0.25) is 0 Å². The van der Waals surface area contributed by atoms with E-state index >= 15 is 0 Å². The summed E-state index contributed by atoms with van der Waals surface area (Å²) in [6.45, 7) is 7.97. The highest BCUT2D eigenvalue weighted by atomic mass is 19.4. The lowest BCUT2D eigenvalue weighted by atomic mass is 10.1. The first-order chi connectivity index (χ1) is 15.3. The lowest BCUT2D eigenvalue weighted by Crippen LogP contribution is -2.35. The van der Waals surface area contributed by atoms with Crippen molar-refractivity contribution in [2.24, 2.45) is 17.8 Å². The van der Waals surface area contributed by atoms with E-state index in [1.54, 1.807) is 17.0 Å². The zero-order valence-electron chi connectivity index (χ0n) is 18.3. The number of carbonyl (C=O) groups excluding carboxylic acids is 1. The van der Waals surface area contributed by atoms with Crippen molar-refractivity contribution in [1.29, 1.82) is 0 Å². The Morgan fingerprint density at radius 3 is 2.66 bits per heavy atom. The van der Waals surface area contributed by atoms with Crippen molar-refractivity contribution in [2.75, 3.05) is 26.2 Å². The highest BCUT2D eigenvalue weighted by molar-refractivity contribution is 5.92. The number of carbonyl (C=O) groups is 1. The predicted octanol–water partition coefficient (Wildman–Crippen LogP) is 4.37. The molecule has 2 aliphatic rings. The number of rotatable bonds is 9. The Balaban J connectivity index is 1.50. The fourth-order valence-corrected chi connectivity index (χ4v) is 4.74. The molecule has 2 atom stereocenters. The summed E-state index contributed by atoms with van der Waals surface area (Å²) in [6.07, 6.45) is -3.20. The number of ether oxygens (including phenoxy) is 1. The number of aromatic nitrogens is 1. The molecule has 2 fully saturated rings. The zero-order chi connectivity index (χ0) is 22.9. The first-order valence-electron chi connectivity index (χ1n) is 11.1. The number of fused-ring (bicyclic) bond motifs is 1. The van der Waals surface area contributed by atoms with Crippen LogP contribution in [0.1, 0.15) is 42.1 Å². The van der Waals surface area contributed by atoms with E-state index in [0.29, 0.717) is 42.0 Å². The SMILES string of the molecule is CCCc1cc(C(=O)N(Cc2cccc(OC(F)(F)F)c2)CC2C3CN(CC)CC32)no1. The molecule has 174 valence electrons. The molecule has 4 rings (SSSR count). The fraction of sp³-hybridized carbons (Fsp3) is 0.565. The van der Waals surface area contributed by atoms with Gasteiger partial charge in [-0.3, -0.25) is 4.79 Å². The van der Waals surface area contributed by atoms with E-state index < -0.39 is 6.36 Å². The van der Waals surface area contributed by atoms with Crippen LogP contribution in [0.15, 0.2) is 34.9 Å². The number of hydrogen-bond acceptors (Lipinski definition) is 5. The number of benzene rings is 1. The molecule has 2 heterocycles. The minimum Gasteiger partial charge on any atom is -0.406 e. The summed E-state index contributed by atoms with van der Waals surface area (Å²) in [6, 6.07) is 7.43. The number of likely N-dealkylation sites (tertiary alicyclic amines) is 1. The Bertz CT molecular complexity index is 934. The first-order valence-corrected chi connectivity index (χ1v) is 11.1. The van der Waals surface area contributed by atoms with Gasteiger partial charge in [0.05, 0.1) is 0 Å². The molecule has 1 aromatic heterocycles. The molecule has 1 aliphatic carbocycles. The van der Waals surface area contributed by atoms with Gasteiger partial charge in [-0.1, -0.05) is 31.1 Å². The third-order valence-electron chi connectivity index (χ3n) is 6.39. The van der Waals surface area contributed by atoms with Gasteiger partial charge in [-0.05, 0) is 48.4 Å². The van der Waals surface area contributed by atoms with E-state index in [0.717, 1.165) is 26.1 Å². The summed E-state index contributed by atoms with van der Waals surface area (Å²) in [4.78, 5) is 17.4. The van der Waals surface area contributed by atoms with Gasteiger partial charge in [0.1, 0.15) is 11.5 Å². The van der Waals surface area contributed by atoms with E-state index in [2.05, 4.69) is 21.7 Å². The molecule has 0 spiro atoms. The van der Waals surface area contributed by atoms with Gasteiger partial charge in [-0.25, -0.2) is 0 Å². The van der Waals surface area contributed by atoms with Crippen LogP contribution in [0, 0.1) is 17.8 Å². The monoisotopic (exact) mass is 451 g/mol. The molecule has 1 saturated carbocycles. The zero-order valence-corrected chi connectivity index (χ0v) is 18.3. The van der Waals surface area contributed by atoms with Crippen molar-refractivity contribution in [3.63, 3.8) is 0 Å². The number of aryl methyl sites for hydroxylation is 1. The molecule has 1 aliphatic heterocycles. The molecule has 6 nitrogen and oxygen atoms in total. The smallest absolute Gasteiger partial charge is 0.406 e. The van der Waals surface area contributed by atoms with E-state index in [1.807, 2.05) is 6.92 Å². The molecule has 0 N–H and O–H groups in total. The highest BCUT2D eigenvalue weighted by Crippen LogP contribution is 2.52. The standard InChI is InChI=1S/C23H28F3N3O3/c1-3-6-17-10-21(27-32-17)22(30)29(14-20-18-12-28(4-2)13-19(18)20)11-15-7-5-8-16(9-15)31-23(24,25)26/h5,7-10,18-20H,3-4,6,11-14H2,1-2H3. The fourth-order valence-electron chi connectivity index (χ4n) is 4.74. The van der Waals surface area contributed by atoms with Crippen LogP contribution in [-0.2, 0) is 13.0 Å². The molecule has 2 aromatic rings. The average molecular weight is 451 g/mol. The average Bonchev–Trinajstić information content (AvgIpc) is 3.11. The topological polar surface area (TPSA) is 58.8 Å². The lowest BCUT2D eigenvalue weighted by molar-refractivity contribution is -0.274. The second kappa shape index (κ2) is 9.13. The molecule has 9 heteroatoms. The normalized spacial score (nSPS) is 22.6. The number of amides is 1. The molecule has 1 aromatic carbocycles. The minimum atomic E-state index is -4.76. The van der Waals surface area contributed by atoms with Gasteiger partial charge < -0.3 is 19.1 Å². The van der Waals surface area contributed by atoms with Crippen molar-refractivity contribution in [1.82, 2.24) is 15.0 Å². The molecule has 1 amide bonds. The molecule has 32 heavy (non-hydrogen) atoms. The summed E-state index contributed by atoms with van der Waals surface area (Å²) in [5.41, 5.74) is 0.801. The van der Waals surface area contributed by atoms with E-state index in [4.69, 9.17) is 4.52 Å². The van der Waals surface area contributed by atoms with E-state index in [-0.39, 0.29) is 23.9 Å². The summed E-state index contributed by atoms with van der Waals surface area (Å²) >= 11 is 0. The lowest BCUT2D eigenvalue weighted by Gasteiger charge is -2.24. The van der Waals surface area contributed by atoms with Crippen LogP contribution in [0.25, 0.3) is 0 Å². The third kappa shape index (κ3) is 5.26. The van der Waals surface area contributed by atoms with Crippen molar-refractivity contribution >= 4 is 5.91 Å². The summed E-state index contributed by atoms with van der Waals surface area (Å²) in [5, 5.41) is 3.94. The maximum atomic E-state index is 13.3. The van der Waals surface area contributed by atoms with Crippen molar-refractivity contribution in [3.05, 3.63) is 47.3 Å². The van der Waals surface area contributed by atoms with Crippen LogP contribution in [-0.4, -0.2) is 53.4 Å². The van der Waals surface area contributed by atoms with Gasteiger partial charge in [-0.15, -0.1) is 13.2 Å². The second-order valence-electron chi connectivity index (χ2n) is 8.65. The maximum absolute atomic E-state index is 13.3. The Morgan fingerprint density at radius 1 is 1.25 bits per heavy atom. The van der Waals surface area contributed by atoms with Crippen LogP contribution < -0.4 is 4.74 Å². The summed E-state index contributed by atoms with van der Waals surface area (Å²) in [7, 11) is 0. The van der Waals surface area contributed by atoms with E-state index in [1.165, 1.54) is 18.2 Å². The molecular formula is C23H28F3N3O3. The number of nitrogens with zero attached hydrogens (tertiary/aromatic N) is 3. The molecule has 0 radical (unpaired) electrons. The maximum Gasteiger partial charge on any atom is 0.573 e. The Hall–Kier alpha value is -2.55. The predicted molar refractivity (Wildman–Crippen MR) is 111 cm³/mol. The second-order valence-corrected chi connectivity index (χ2v) is 8.65. The molecular weight excluding hydrogens is 423 g/mol. The van der Waals surface area contributed by atoms with Crippen molar-refractivity contribution < 1.29 is 27.2 Å². The van der Waals surface area contributed by atoms with Crippen molar-refractivity contribution in [2.45, 2.75) is 39.6 Å². The number of halogens is 3. The molecule has 2 unspecified atom stereocenters. The minimum absolute atomic E-state index is 0.178.